The summed E-state index contributed by atoms with van der Waals surface area (Å²) in [7, 11) is 2.84. The van der Waals surface area contributed by atoms with E-state index in [0.29, 0.717) is 5.57 Å². The third-order valence-corrected chi connectivity index (χ3v) is 6.46. The van der Waals surface area contributed by atoms with E-state index >= 15 is 0 Å². The molecule has 1 saturated heterocycles. The Kier molecular flexibility index (Phi) is 5.32. The molecule has 4 heterocycles. The lowest BCUT2D eigenvalue weighted by Crippen LogP contribution is -2.71. The van der Waals surface area contributed by atoms with E-state index in [-0.39, 0.29) is 33.8 Å². The van der Waals surface area contributed by atoms with Gasteiger partial charge in [0.25, 0.3) is 11.8 Å². The summed E-state index contributed by atoms with van der Waals surface area (Å²) in [6.45, 7) is 0. The summed E-state index contributed by atoms with van der Waals surface area (Å²) in [5, 5.41) is 28.2. The van der Waals surface area contributed by atoms with E-state index in [1.165, 1.54) is 28.9 Å². The van der Waals surface area contributed by atoms with Crippen molar-refractivity contribution in [3.63, 3.8) is 0 Å². The minimum absolute atomic E-state index is 0.151. The topological polar surface area (TPSA) is 191 Å². The van der Waals surface area contributed by atoms with Crippen LogP contribution >= 0.6 is 23.1 Å². The number of thiazole rings is 1. The Labute approximate surface area is 182 Å². The highest BCUT2D eigenvalue weighted by Crippen LogP contribution is 2.42. The van der Waals surface area contributed by atoms with Gasteiger partial charge in [0.05, 0.1) is 0 Å². The van der Waals surface area contributed by atoms with Gasteiger partial charge in [-0.2, -0.15) is 0 Å². The fourth-order valence-corrected chi connectivity index (χ4v) is 5.06. The lowest BCUT2D eigenvalue weighted by atomic mass is 10.0. The van der Waals surface area contributed by atoms with Crippen LogP contribution in [0.1, 0.15) is 11.5 Å². The number of nitrogens with zero attached hydrogens (tertiary/aromatic N) is 7. The fraction of sp³-hybridized carbons (Fsp3) is 0.333. The van der Waals surface area contributed by atoms with Crippen LogP contribution in [0.5, 0.6) is 0 Å². The molecule has 0 aromatic carbocycles. The summed E-state index contributed by atoms with van der Waals surface area (Å²) in [5.74, 6) is -2.08. The van der Waals surface area contributed by atoms with Gasteiger partial charge in [-0.05, 0) is 10.4 Å². The predicted molar refractivity (Wildman–Crippen MR) is 108 cm³/mol. The number of β-lactam (4-membered cyclic amide) rings is 1. The number of tetrazole rings is 1. The number of carbonyl (C=O) groups excluding carboxylic acids is 2. The number of hydrogen-bond donors (Lipinski definition) is 3. The molecule has 4 rings (SSSR count). The smallest absolute Gasteiger partial charge is 0.353 e. The van der Waals surface area contributed by atoms with Crippen LogP contribution in [0.15, 0.2) is 16.2 Å². The average Bonchev–Trinajstić information content (AvgIpc) is 3.36. The second-order valence-electron chi connectivity index (χ2n) is 6.31. The number of nitrogens with two attached hydrogens (primary N) is 1. The molecule has 0 radical (unpaired) electrons. The van der Waals surface area contributed by atoms with Gasteiger partial charge < -0.3 is 21.0 Å². The number of nitrogens with one attached hydrogen (secondary N) is 1. The van der Waals surface area contributed by atoms with Crippen LogP contribution < -0.4 is 11.1 Å². The van der Waals surface area contributed by atoms with Crippen LogP contribution in [0, 0.1) is 0 Å². The number of aliphatic carboxylic acids is 1. The van der Waals surface area contributed by atoms with Gasteiger partial charge in [0.1, 0.15) is 29.9 Å². The Morgan fingerprint density at radius 3 is 2.81 bits per heavy atom. The van der Waals surface area contributed by atoms with E-state index in [4.69, 9.17) is 10.6 Å². The van der Waals surface area contributed by atoms with Crippen molar-refractivity contribution in [2.75, 3.05) is 18.6 Å². The molecule has 2 aromatic rings. The summed E-state index contributed by atoms with van der Waals surface area (Å²) >= 11 is 2.40. The number of amides is 2. The van der Waals surface area contributed by atoms with E-state index in [2.05, 4.69) is 31.0 Å². The second-order valence-corrected chi connectivity index (χ2v) is 8.31. The zero-order valence-electron chi connectivity index (χ0n) is 16.0. The SMILES string of the molecule is CON=C(C(=O)N[C@@H]1C(=O)N2C(C(=O)O)=C(c3nnnn3C)CS[C@H]12)c1csc(N)n1. The number of anilines is 1. The largest absolute Gasteiger partial charge is 0.477 e. The maximum absolute atomic E-state index is 12.8. The van der Waals surface area contributed by atoms with Gasteiger partial charge in [0.15, 0.2) is 16.7 Å². The molecular formula is C15H15N9O5S2. The van der Waals surface area contributed by atoms with Crippen molar-refractivity contribution < 1.29 is 24.3 Å². The molecule has 16 heteroatoms. The van der Waals surface area contributed by atoms with E-state index in [0.717, 1.165) is 16.2 Å². The van der Waals surface area contributed by atoms with Crippen LogP contribution in [0.3, 0.4) is 0 Å². The predicted octanol–water partition coefficient (Wildman–Crippen LogP) is -1.50. The summed E-state index contributed by atoms with van der Waals surface area (Å²) < 4.78 is 1.33. The second kappa shape index (κ2) is 7.95. The Morgan fingerprint density at radius 2 is 2.23 bits per heavy atom. The minimum Gasteiger partial charge on any atom is -0.477 e. The summed E-state index contributed by atoms with van der Waals surface area (Å²) in [6, 6.07) is -0.955. The number of carbonyl (C=O) groups is 3. The number of oxime groups is 1. The first kappa shape index (κ1) is 20.7. The van der Waals surface area contributed by atoms with Gasteiger partial charge >= 0.3 is 5.97 Å². The third-order valence-electron chi connectivity index (χ3n) is 4.51. The molecule has 1 fully saturated rings. The number of carboxylic acid groups (broad SMARTS) is 1. The Bertz CT molecular complexity index is 1140. The number of thioether (sulfide) groups is 1. The number of carboxylic acids is 1. The highest BCUT2D eigenvalue weighted by Gasteiger charge is 2.55. The summed E-state index contributed by atoms with van der Waals surface area (Å²) in [4.78, 5) is 47.3. The third kappa shape index (κ3) is 3.48. The van der Waals surface area contributed by atoms with Crippen molar-refractivity contribution in [3.8, 4) is 0 Å². The maximum Gasteiger partial charge on any atom is 0.353 e. The normalized spacial score (nSPS) is 20.9. The number of aromatic nitrogens is 5. The molecule has 31 heavy (non-hydrogen) atoms. The van der Waals surface area contributed by atoms with Crippen LogP contribution in [0.2, 0.25) is 0 Å². The molecule has 2 aliphatic heterocycles. The number of hydrogen-bond acceptors (Lipinski definition) is 12. The van der Waals surface area contributed by atoms with E-state index in [1.54, 1.807) is 7.05 Å². The number of rotatable bonds is 6. The molecule has 0 spiro atoms. The first-order valence-electron chi connectivity index (χ1n) is 8.60. The average molecular weight is 465 g/mol. The van der Waals surface area contributed by atoms with Crippen molar-refractivity contribution in [1.29, 1.82) is 0 Å². The molecule has 0 saturated carbocycles. The first-order chi connectivity index (χ1) is 14.8. The van der Waals surface area contributed by atoms with E-state index < -0.39 is 29.2 Å². The van der Waals surface area contributed by atoms with Gasteiger partial charge in [0, 0.05) is 23.8 Å². The van der Waals surface area contributed by atoms with Crippen LogP contribution in [-0.2, 0) is 26.3 Å². The summed E-state index contributed by atoms with van der Waals surface area (Å²) in [6.07, 6.45) is 0. The molecule has 2 atom stereocenters. The zero-order valence-corrected chi connectivity index (χ0v) is 17.7. The maximum atomic E-state index is 12.8. The number of aryl methyl sites for hydroxylation is 1. The van der Waals surface area contributed by atoms with Crippen molar-refractivity contribution in [2.45, 2.75) is 11.4 Å². The molecule has 162 valence electrons. The molecule has 0 aliphatic carbocycles. The van der Waals surface area contributed by atoms with Crippen molar-refractivity contribution in [1.82, 2.24) is 35.4 Å². The van der Waals surface area contributed by atoms with Gasteiger partial charge in [-0.1, -0.05) is 5.16 Å². The molecule has 4 N–H and O–H groups in total. The fourth-order valence-electron chi connectivity index (χ4n) is 3.18. The molecule has 14 nitrogen and oxygen atoms in total. The molecule has 2 aliphatic rings. The number of fused-ring (bicyclic) bond motifs is 1. The van der Waals surface area contributed by atoms with E-state index in [9.17, 15) is 19.5 Å². The van der Waals surface area contributed by atoms with Crippen LogP contribution in [0.25, 0.3) is 5.57 Å². The Balaban J connectivity index is 1.58. The van der Waals surface area contributed by atoms with E-state index in [1.807, 2.05) is 0 Å². The molecule has 2 amide bonds. The minimum atomic E-state index is -1.29. The standard InChI is InChI=1S/C15H15N9O5S2/c1-23-10(19-21-22-23)5-3-30-13-8(12(26)24(13)9(5)14(27)28)18-11(25)7(20-29-2)6-4-31-15(16)17-6/h4,8,13H,3H2,1-2H3,(H2,16,17)(H,18,25)(H,27,28)/t8-,13-/m1/s1. The highest BCUT2D eigenvalue weighted by molar-refractivity contribution is 8.00. The lowest BCUT2D eigenvalue weighted by Gasteiger charge is -2.49. The molecule has 0 bridgehead atoms. The monoisotopic (exact) mass is 465 g/mol. The van der Waals surface area contributed by atoms with Crippen molar-refractivity contribution >= 4 is 57.3 Å². The van der Waals surface area contributed by atoms with Gasteiger partial charge in [-0.15, -0.1) is 28.2 Å². The van der Waals surface area contributed by atoms with Gasteiger partial charge in [-0.3, -0.25) is 14.5 Å². The van der Waals surface area contributed by atoms with Crippen LogP contribution in [-0.4, -0.2) is 83.0 Å². The molecule has 0 unspecified atom stereocenters. The molecular weight excluding hydrogens is 450 g/mol. The van der Waals surface area contributed by atoms with Crippen molar-refractivity contribution in [2.24, 2.45) is 12.2 Å². The van der Waals surface area contributed by atoms with Gasteiger partial charge in [-0.25, -0.2) is 14.5 Å². The van der Waals surface area contributed by atoms with Crippen LogP contribution in [0.4, 0.5) is 5.13 Å². The number of nitrogen functional groups attached to an aromatic ring is 1. The Hall–Kier alpha value is -3.53. The zero-order chi connectivity index (χ0) is 22.3. The first-order valence-corrected chi connectivity index (χ1v) is 10.5. The summed E-state index contributed by atoms with van der Waals surface area (Å²) in [5.41, 5.74) is 5.76. The Morgan fingerprint density at radius 1 is 1.45 bits per heavy atom. The lowest BCUT2D eigenvalue weighted by molar-refractivity contribution is -0.149. The quantitative estimate of drug-likeness (QED) is 0.255. The van der Waals surface area contributed by atoms with Gasteiger partial charge in [0.2, 0.25) is 0 Å². The van der Waals surface area contributed by atoms with Crippen molar-refractivity contribution in [3.05, 3.63) is 22.6 Å². The molecule has 2 aromatic heterocycles. The highest BCUT2D eigenvalue weighted by atomic mass is 32.2.